The van der Waals surface area contributed by atoms with Crippen LogP contribution in [0.5, 0.6) is 0 Å². The van der Waals surface area contributed by atoms with Gasteiger partial charge in [-0.2, -0.15) is 0 Å². The third-order valence-electron chi connectivity index (χ3n) is 2.33. The third kappa shape index (κ3) is 2.39. The fourth-order valence-corrected chi connectivity index (χ4v) is 2.13. The molecule has 0 aliphatic rings. The van der Waals surface area contributed by atoms with E-state index in [4.69, 9.17) is 0 Å². The van der Waals surface area contributed by atoms with Crippen LogP contribution >= 0.6 is 15.9 Å². The van der Waals surface area contributed by atoms with Crippen molar-refractivity contribution in [3.05, 3.63) is 62.7 Å². The smallest absolute Gasteiger partial charge is 0.253 e. The van der Waals surface area contributed by atoms with Crippen LogP contribution in [0.4, 0.5) is 0 Å². The van der Waals surface area contributed by atoms with Gasteiger partial charge >= 0.3 is 0 Å². The van der Waals surface area contributed by atoms with Crippen molar-refractivity contribution in [2.45, 2.75) is 13.5 Å². The van der Waals surface area contributed by atoms with Gasteiger partial charge in [-0.3, -0.25) is 9.78 Å². The average molecular weight is 279 g/mol. The second-order valence-electron chi connectivity index (χ2n) is 3.63. The Morgan fingerprint density at radius 1 is 1.38 bits per heavy atom. The van der Waals surface area contributed by atoms with Gasteiger partial charge in [0.1, 0.15) is 0 Å². The molecule has 2 rings (SSSR count). The van der Waals surface area contributed by atoms with Crippen molar-refractivity contribution in [3.8, 4) is 0 Å². The lowest BCUT2D eigenvalue weighted by molar-refractivity contribution is 0.748. The molecule has 2 aromatic rings. The van der Waals surface area contributed by atoms with E-state index in [1.165, 1.54) is 0 Å². The highest BCUT2D eigenvalue weighted by Gasteiger charge is 2.02. The van der Waals surface area contributed by atoms with Gasteiger partial charge in [-0.25, -0.2) is 0 Å². The Labute approximate surface area is 102 Å². The van der Waals surface area contributed by atoms with E-state index in [0.29, 0.717) is 6.54 Å². The molecule has 16 heavy (non-hydrogen) atoms. The largest absolute Gasteiger partial charge is 0.310 e. The van der Waals surface area contributed by atoms with E-state index >= 15 is 0 Å². The van der Waals surface area contributed by atoms with E-state index in [9.17, 15) is 4.79 Å². The van der Waals surface area contributed by atoms with Crippen LogP contribution in [0.2, 0.25) is 0 Å². The zero-order valence-corrected chi connectivity index (χ0v) is 10.4. The summed E-state index contributed by atoms with van der Waals surface area (Å²) < 4.78 is 2.60. The molecule has 0 aliphatic carbocycles. The number of aryl methyl sites for hydroxylation is 1. The lowest BCUT2D eigenvalue weighted by Gasteiger charge is -2.07. The van der Waals surface area contributed by atoms with Gasteiger partial charge in [0.05, 0.1) is 6.54 Å². The van der Waals surface area contributed by atoms with Crippen LogP contribution in [0, 0.1) is 6.92 Å². The van der Waals surface area contributed by atoms with Crippen molar-refractivity contribution in [1.82, 2.24) is 9.55 Å². The lowest BCUT2D eigenvalue weighted by atomic mass is 10.2. The number of halogens is 1. The molecular formula is C12H11BrN2O. The van der Waals surface area contributed by atoms with Crippen LogP contribution in [0.3, 0.4) is 0 Å². The predicted molar refractivity (Wildman–Crippen MR) is 66.5 cm³/mol. The molecule has 82 valence electrons. The maximum Gasteiger partial charge on any atom is 0.253 e. The van der Waals surface area contributed by atoms with Gasteiger partial charge in [-0.05, 0) is 46.6 Å². The summed E-state index contributed by atoms with van der Waals surface area (Å²) in [5, 5.41) is 0. The molecule has 0 saturated carbocycles. The molecule has 0 atom stereocenters. The minimum absolute atomic E-state index is 0.0417. The summed E-state index contributed by atoms with van der Waals surface area (Å²) in [6.45, 7) is 2.39. The molecule has 3 nitrogen and oxygen atoms in total. The molecule has 2 heterocycles. The summed E-state index contributed by atoms with van der Waals surface area (Å²) in [5.74, 6) is 0. The molecule has 0 aromatic carbocycles. The van der Waals surface area contributed by atoms with E-state index in [2.05, 4.69) is 20.9 Å². The Balaban J connectivity index is 2.39. The van der Waals surface area contributed by atoms with Crippen LogP contribution in [-0.4, -0.2) is 9.55 Å². The lowest BCUT2D eigenvalue weighted by Crippen LogP contribution is -2.22. The van der Waals surface area contributed by atoms with Crippen molar-refractivity contribution in [2.75, 3.05) is 0 Å². The Kier molecular flexibility index (Phi) is 3.19. The number of aromatic nitrogens is 2. The third-order valence-corrected chi connectivity index (χ3v) is 2.77. The average Bonchev–Trinajstić information content (AvgIpc) is 2.27. The summed E-state index contributed by atoms with van der Waals surface area (Å²) in [6, 6.07) is 5.64. The van der Waals surface area contributed by atoms with E-state index in [0.717, 1.165) is 15.6 Å². The van der Waals surface area contributed by atoms with E-state index in [1.54, 1.807) is 23.2 Å². The summed E-state index contributed by atoms with van der Waals surface area (Å²) in [5.41, 5.74) is 1.85. The van der Waals surface area contributed by atoms with Gasteiger partial charge in [-0.15, -0.1) is 0 Å². The maximum absolute atomic E-state index is 11.9. The van der Waals surface area contributed by atoms with E-state index < -0.39 is 0 Å². The topological polar surface area (TPSA) is 34.9 Å². The monoisotopic (exact) mass is 278 g/mol. The van der Waals surface area contributed by atoms with Crippen LogP contribution < -0.4 is 5.56 Å². The van der Waals surface area contributed by atoms with Gasteiger partial charge in [0.2, 0.25) is 0 Å². The Morgan fingerprint density at radius 2 is 2.06 bits per heavy atom. The number of hydrogen-bond donors (Lipinski definition) is 0. The Hall–Kier alpha value is -1.42. The first kappa shape index (κ1) is 11.1. The summed E-state index contributed by atoms with van der Waals surface area (Å²) >= 11 is 3.39. The van der Waals surface area contributed by atoms with E-state index in [1.807, 2.05) is 25.1 Å². The van der Waals surface area contributed by atoms with Gasteiger partial charge in [0.15, 0.2) is 0 Å². The van der Waals surface area contributed by atoms with Crippen molar-refractivity contribution >= 4 is 15.9 Å². The highest BCUT2D eigenvalue weighted by molar-refractivity contribution is 9.10. The molecule has 0 aliphatic heterocycles. The summed E-state index contributed by atoms with van der Waals surface area (Å²) in [6.07, 6.45) is 5.26. The van der Waals surface area contributed by atoms with Crippen LogP contribution in [0.25, 0.3) is 0 Å². The number of hydrogen-bond acceptors (Lipinski definition) is 2. The van der Waals surface area contributed by atoms with E-state index in [-0.39, 0.29) is 5.56 Å². The minimum Gasteiger partial charge on any atom is -0.310 e. The summed E-state index contributed by atoms with van der Waals surface area (Å²) in [4.78, 5) is 15.8. The van der Waals surface area contributed by atoms with Gasteiger partial charge < -0.3 is 4.57 Å². The molecule has 0 amide bonds. The number of pyridine rings is 2. The fourth-order valence-electron chi connectivity index (χ4n) is 1.54. The van der Waals surface area contributed by atoms with Crippen LogP contribution in [0.1, 0.15) is 11.1 Å². The first-order valence-corrected chi connectivity index (χ1v) is 5.71. The molecule has 2 aromatic heterocycles. The molecule has 0 spiro atoms. The molecule has 0 unspecified atom stereocenters. The summed E-state index contributed by atoms with van der Waals surface area (Å²) in [7, 11) is 0. The minimum atomic E-state index is 0.0417. The molecule has 4 heteroatoms. The highest BCUT2D eigenvalue weighted by atomic mass is 79.9. The fraction of sp³-hybridized carbons (Fsp3) is 0.167. The quantitative estimate of drug-likeness (QED) is 0.845. The SMILES string of the molecule is Cc1cc(Br)cn(Cc2ccncc2)c1=O. The Morgan fingerprint density at radius 3 is 2.75 bits per heavy atom. The standard InChI is InChI=1S/C12H11BrN2O/c1-9-6-11(13)8-15(12(9)16)7-10-2-4-14-5-3-10/h2-6,8H,7H2,1H3. The molecule has 0 radical (unpaired) electrons. The molecule has 0 fully saturated rings. The first-order valence-electron chi connectivity index (χ1n) is 4.92. The highest BCUT2D eigenvalue weighted by Crippen LogP contribution is 2.09. The molecule has 0 saturated heterocycles. The zero-order chi connectivity index (χ0) is 11.5. The second-order valence-corrected chi connectivity index (χ2v) is 4.55. The zero-order valence-electron chi connectivity index (χ0n) is 8.85. The van der Waals surface area contributed by atoms with Crippen LogP contribution in [-0.2, 0) is 6.54 Å². The van der Waals surface area contributed by atoms with Gasteiger partial charge in [0, 0.05) is 28.6 Å². The predicted octanol–water partition coefficient (Wildman–Crippen LogP) is 2.36. The van der Waals surface area contributed by atoms with Gasteiger partial charge in [0.25, 0.3) is 5.56 Å². The normalized spacial score (nSPS) is 10.4. The van der Waals surface area contributed by atoms with Crippen molar-refractivity contribution in [3.63, 3.8) is 0 Å². The number of rotatable bonds is 2. The Bertz CT molecular complexity index is 549. The van der Waals surface area contributed by atoms with Crippen LogP contribution in [0.15, 0.2) is 46.1 Å². The van der Waals surface area contributed by atoms with Crippen molar-refractivity contribution < 1.29 is 0 Å². The van der Waals surface area contributed by atoms with Crippen molar-refractivity contribution in [2.24, 2.45) is 0 Å². The van der Waals surface area contributed by atoms with Crippen molar-refractivity contribution in [1.29, 1.82) is 0 Å². The molecule has 0 N–H and O–H groups in total. The second kappa shape index (κ2) is 4.61. The maximum atomic E-state index is 11.9. The first-order chi connectivity index (χ1) is 7.66. The van der Waals surface area contributed by atoms with Gasteiger partial charge in [-0.1, -0.05) is 0 Å². The molecular weight excluding hydrogens is 268 g/mol. The molecule has 0 bridgehead atoms. The number of nitrogens with zero attached hydrogens (tertiary/aromatic N) is 2.